The predicted octanol–water partition coefficient (Wildman–Crippen LogP) is 4.08. The van der Waals surface area contributed by atoms with Gasteiger partial charge in [0.25, 0.3) is 5.91 Å². The summed E-state index contributed by atoms with van der Waals surface area (Å²) in [7, 11) is 0. The molecular formula is C27H35N3O4. The van der Waals surface area contributed by atoms with Gasteiger partial charge in [-0.3, -0.25) is 9.59 Å². The molecule has 3 N–H and O–H groups in total. The summed E-state index contributed by atoms with van der Waals surface area (Å²) in [4.78, 5) is 28.4. The number of carbonyl (C=O) groups excluding carboxylic acids is 2. The molecule has 0 radical (unpaired) electrons. The Kier molecular flexibility index (Phi) is 5.77. The summed E-state index contributed by atoms with van der Waals surface area (Å²) in [5.74, 6) is -1.17. The first-order valence-electron chi connectivity index (χ1n) is 11.7. The molecule has 2 fully saturated rings. The van der Waals surface area contributed by atoms with Crippen LogP contribution in [0, 0.1) is 0 Å². The van der Waals surface area contributed by atoms with E-state index in [0.29, 0.717) is 6.42 Å². The Balaban J connectivity index is 1.80. The third-order valence-electron chi connectivity index (χ3n) is 6.72. The lowest BCUT2D eigenvalue weighted by Gasteiger charge is -2.24. The number of aromatic amines is 1. The van der Waals surface area contributed by atoms with Crippen LogP contribution in [0.3, 0.4) is 0 Å². The average Bonchev–Trinajstić information content (AvgIpc) is 3.19. The van der Waals surface area contributed by atoms with E-state index in [1.807, 2.05) is 39.8 Å². The summed E-state index contributed by atoms with van der Waals surface area (Å²) in [6, 6.07) is 5.69. The standard InChI is InChI=1S/C27H35N3O4/c1-9-25(3,4)22-18(14-20-24(32)28-15(2)23(31)30-20)17-12-16(10-11-19(17)29-22)13-21-26(5,6)34-27(7,8)33-21/h9-12,14-15,21,29H,1,13H2,2-8H3,(H,28,32)(H,30,31)/b20-14-/t15-,21+/m0/s1. The molecule has 7 nitrogen and oxygen atoms in total. The van der Waals surface area contributed by atoms with Crippen molar-refractivity contribution in [1.82, 2.24) is 15.6 Å². The number of benzene rings is 1. The van der Waals surface area contributed by atoms with Crippen molar-refractivity contribution in [1.29, 1.82) is 0 Å². The molecule has 2 aromatic rings. The van der Waals surface area contributed by atoms with Gasteiger partial charge in [0.05, 0.1) is 11.7 Å². The van der Waals surface area contributed by atoms with Gasteiger partial charge >= 0.3 is 0 Å². The van der Waals surface area contributed by atoms with Crippen molar-refractivity contribution in [3.8, 4) is 0 Å². The van der Waals surface area contributed by atoms with Crippen molar-refractivity contribution in [3.63, 3.8) is 0 Å². The van der Waals surface area contributed by atoms with Gasteiger partial charge in [-0.2, -0.15) is 0 Å². The lowest BCUT2D eigenvalue weighted by molar-refractivity contribution is -0.157. The van der Waals surface area contributed by atoms with E-state index in [-0.39, 0.29) is 29.0 Å². The van der Waals surface area contributed by atoms with Crippen LogP contribution in [0.5, 0.6) is 0 Å². The molecule has 1 aromatic heterocycles. The van der Waals surface area contributed by atoms with Crippen LogP contribution >= 0.6 is 0 Å². The zero-order valence-electron chi connectivity index (χ0n) is 21.1. The third-order valence-corrected chi connectivity index (χ3v) is 6.72. The van der Waals surface area contributed by atoms with Crippen LogP contribution in [0.4, 0.5) is 0 Å². The van der Waals surface area contributed by atoms with Crippen molar-refractivity contribution in [2.75, 3.05) is 0 Å². The maximum absolute atomic E-state index is 12.6. The second kappa shape index (κ2) is 8.10. The molecule has 0 saturated carbocycles. The van der Waals surface area contributed by atoms with E-state index in [9.17, 15) is 9.59 Å². The number of aromatic nitrogens is 1. The topological polar surface area (TPSA) is 92.4 Å². The SMILES string of the molecule is C=CC(C)(C)c1[nH]c2ccc(C[C@H]3OC(C)(C)OC3(C)C)cc2c1/C=C1\NC(=O)[C@H](C)NC1=O. The van der Waals surface area contributed by atoms with Gasteiger partial charge in [-0.1, -0.05) is 26.0 Å². The predicted molar refractivity (Wildman–Crippen MR) is 133 cm³/mol. The Morgan fingerprint density at radius 3 is 2.50 bits per heavy atom. The Morgan fingerprint density at radius 1 is 1.18 bits per heavy atom. The smallest absolute Gasteiger partial charge is 0.268 e. The molecular weight excluding hydrogens is 430 g/mol. The fourth-order valence-electron chi connectivity index (χ4n) is 4.74. The quantitative estimate of drug-likeness (QED) is 0.458. The molecule has 0 spiro atoms. The van der Waals surface area contributed by atoms with E-state index < -0.39 is 17.4 Å². The molecule has 2 aliphatic heterocycles. The summed E-state index contributed by atoms with van der Waals surface area (Å²) in [5.41, 5.74) is 3.24. The zero-order valence-corrected chi connectivity index (χ0v) is 21.1. The number of piperazine rings is 1. The molecule has 0 aliphatic carbocycles. The van der Waals surface area contributed by atoms with Crippen molar-refractivity contribution >= 4 is 28.8 Å². The van der Waals surface area contributed by atoms with Gasteiger partial charge in [0.2, 0.25) is 5.91 Å². The van der Waals surface area contributed by atoms with E-state index in [1.54, 1.807) is 13.0 Å². The number of nitrogens with one attached hydrogen (secondary N) is 3. The van der Waals surface area contributed by atoms with Gasteiger partial charge in [0, 0.05) is 34.0 Å². The van der Waals surface area contributed by atoms with Crippen molar-refractivity contribution in [2.24, 2.45) is 0 Å². The molecule has 0 unspecified atom stereocenters. The van der Waals surface area contributed by atoms with Crippen molar-refractivity contribution < 1.29 is 19.1 Å². The Labute approximate surface area is 201 Å². The van der Waals surface area contributed by atoms with Gasteiger partial charge in [-0.25, -0.2) is 0 Å². The molecule has 0 bridgehead atoms. The van der Waals surface area contributed by atoms with Gasteiger partial charge < -0.3 is 25.1 Å². The molecule has 182 valence electrons. The molecule has 2 saturated heterocycles. The number of allylic oxidation sites excluding steroid dienone is 1. The van der Waals surface area contributed by atoms with Gasteiger partial charge in [0.1, 0.15) is 11.7 Å². The van der Waals surface area contributed by atoms with Crippen molar-refractivity contribution in [3.05, 3.63) is 53.4 Å². The highest BCUT2D eigenvalue weighted by Gasteiger charge is 2.46. The van der Waals surface area contributed by atoms with Crippen LogP contribution in [0.25, 0.3) is 17.0 Å². The Morgan fingerprint density at radius 2 is 1.88 bits per heavy atom. The number of fused-ring (bicyclic) bond motifs is 1. The molecule has 7 heteroatoms. The number of hydrogen-bond acceptors (Lipinski definition) is 4. The van der Waals surface area contributed by atoms with Crippen LogP contribution in [0.2, 0.25) is 0 Å². The first-order valence-corrected chi connectivity index (χ1v) is 11.7. The number of carbonyl (C=O) groups is 2. The second-order valence-corrected chi connectivity index (χ2v) is 10.9. The zero-order chi connectivity index (χ0) is 25.1. The number of amides is 2. The minimum Gasteiger partial charge on any atom is -0.357 e. The molecule has 3 heterocycles. The molecule has 1 aromatic carbocycles. The minimum atomic E-state index is -0.632. The van der Waals surface area contributed by atoms with E-state index in [0.717, 1.165) is 27.7 Å². The fraction of sp³-hybridized carbons (Fsp3) is 0.481. The molecule has 2 amide bonds. The monoisotopic (exact) mass is 465 g/mol. The number of ether oxygens (including phenoxy) is 2. The van der Waals surface area contributed by atoms with Crippen LogP contribution in [0.1, 0.15) is 65.3 Å². The average molecular weight is 466 g/mol. The van der Waals surface area contributed by atoms with Gasteiger partial charge in [-0.05, 0) is 58.4 Å². The maximum atomic E-state index is 12.6. The largest absolute Gasteiger partial charge is 0.357 e. The Bertz CT molecular complexity index is 1200. The lowest BCUT2D eigenvalue weighted by atomic mass is 9.86. The molecule has 2 aliphatic rings. The van der Waals surface area contributed by atoms with Gasteiger partial charge in [0.15, 0.2) is 5.79 Å². The highest BCUT2D eigenvalue weighted by molar-refractivity contribution is 6.08. The van der Waals surface area contributed by atoms with Crippen LogP contribution in [0.15, 0.2) is 36.6 Å². The first-order chi connectivity index (χ1) is 15.7. The highest BCUT2D eigenvalue weighted by atomic mass is 16.8. The van der Waals surface area contributed by atoms with E-state index in [4.69, 9.17) is 9.47 Å². The number of rotatable bonds is 5. The summed E-state index contributed by atoms with van der Waals surface area (Å²) in [6.07, 6.45) is 4.21. The van der Waals surface area contributed by atoms with Gasteiger partial charge in [-0.15, -0.1) is 6.58 Å². The highest BCUT2D eigenvalue weighted by Crippen LogP contribution is 2.39. The van der Waals surface area contributed by atoms with Crippen LogP contribution in [-0.2, 0) is 30.9 Å². The summed E-state index contributed by atoms with van der Waals surface area (Å²) in [5, 5.41) is 6.42. The summed E-state index contributed by atoms with van der Waals surface area (Å²) >= 11 is 0. The Hall–Kier alpha value is -2.90. The number of hydrogen-bond donors (Lipinski definition) is 3. The second-order valence-electron chi connectivity index (χ2n) is 10.9. The van der Waals surface area contributed by atoms with Crippen molar-refractivity contribution in [2.45, 2.75) is 83.8 Å². The third kappa shape index (κ3) is 4.42. The number of H-pyrrole nitrogens is 1. The molecule has 2 atom stereocenters. The fourth-order valence-corrected chi connectivity index (χ4v) is 4.74. The van der Waals surface area contributed by atoms with Crippen LogP contribution in [-0.4, -0.2) is 40.3 Å². The minimum absolute atomic E-state index is 0.102. The lowest BCUT2D eigenvalue weighted by Crippen LogP contribution is -2.53. The van der Waals surface area contributed by atoms with Crippen LogP contribution < -0.4 is 10.6 Å². The van der Waals surface area contributed by atoms with E-state index in [2.05, 4.69) is 48.2 Å². The normalized spacial score (nSPS) is 25.4. The summed E-state index contributed by atoms with van der Waals surface area (Å²) in [6.45, 7) is 17.7. The first kappa shape index (κ1) is 24.2. The molecule has 34 heavy (non-hydrogen) atoms. The van der Waals surface area contributed by atoms with E-state index >= 15 is 0 Å². The molecule has 4 rings (SSSR count). The summed E-state index contributed by atoms with van der Waals surface area (Å²) < 4.78 is 12.3. The van der Waals surface area contributed by atoms with E-state index in [1.165, 1.54) is 0 Å². The maximum Gasteiger partial charge on any atom is 0.268 e.